The fourth-order valence-electron chi connectivity index (χ4n) is 2.61. The van der Waals surface area contributed by atoms with Crippen LogP contribution in [0.5, 0.6) is 11.5 Å². The van der Waals surface area contributed by atoms with E-state index >= 15 is 0 Å². The van der Waals surface area contributed by atoms with Crippen LogP contribution in [0.2, 0.25) is 5.02 Å². The Labute approximate surface area is 124 Å². The van der Waals surface area contributed by atoms with Gasteiger partial charge >= 0.3 is 0 Å². The summed E-state index contributed by atoms with van der Waals surface area (Å²) in [5, 5.41) is 4.14. The van der Waals surface area contributed by atoms with E-state index in [1.165, 1.54) is 12.8 Å². The molecule has 1 aliphatic heterocycles. The van der Waals surface area contributed by atoms with Crippen LogP contribution in [0.3, 0.4) is 0 Å². The molecule has 5 heteroatoms. The molecular weight excluding hydrogens is 278 g/mol. The predicted octanol–water partition coefficient (Wildman–Crippen LogP) is 2.98. The lowest BCUT2D eigenvalue weighted by Gasteiger charge is -2.15. The van der Waals surface area contributed by atoms with E-state index in [1.807, 2.05) is 12.1 Å². The van der Waals surface area contributed by atoms with Crippen molar-refractivity contribution in [3.05, 3.63) is 22.7 Å². The Morgan fingerprint density at radius 2 is 2.20 bits per heavy atom. The second-order valence-corrected chi connectivity index (χ2v) is 6.06. The lowest BCUT2D eigenvalue weighted by atomic mass is 10.0. The molecule has 1 aromatic rings. The van der Waals surface area contributed by atoms with Crippen molar-refractivity contribution in [2.75, 3.05) is 27.1 Å². The van der Waals surface area contributed by atoms with Crippen molar-refractivity contribution in [3.8, 4) is 11.5 Å². The molecule has 0 aromatic heterocycles. The van der Waals surface area contributed by atoms with Crippen molar-refractivity contribution in [2.45, 2.75) is 25.8 Å². The van der Waals surface area contributed by atoms with Gasteiger partial charge in [-0.25, -0.2) is 0 Å². The molecule has 0 atom stereocenters. The van der Waals surface area contributed by atoms with E-state index in [4.69, 9.17) is 25.8 Å². The zero-order valence-electron chi connectivity index (χ0n) is 11.7. The Morgan fingerprint density at radius 1 is 1.35 bits per heavy atom. The number of rotatable bonds is 7. The third kappa shape index (κ3) is 3.03. The summed E-state index contributed by atoms with van der Waals surface area (Å²) in [5.74, 6) is 1.41. The van der Waals surface area contributed by atoms with Crippen LogP contribution in [0.15, 0.2) is 12.1 Å². The van der Waals surface area contributed by atoms with Gasteiger partial charge in [-0.1, -0.05) is 11.6 Å². The van der Waals surface area contributed by atoms with Gasteiger partial charge in [-0.3, -0.25) is 0 Å². The highest BCUT2D eigenvalue weighted by atomic mass is 35.5. The molecule has 110 valence electrons. The molecular formula is C15H20ClNO3. The van der Waals surface area contributed by atoms with Gasteiger partial charge < -0.3 is 19.5 Å². The summed E-state index contributed by atoms with van der Waals surface area (Å²) in [6.07, 6.45) is 3.73. The van der Waals surface area contributed by atoms with Gasteiger partial charge in [-0.05, 0) is 42.4 Å². The number of hydrogen-bond acceptors (Lipinski definition) is 4. The molecule has 2 aliphatic rings. The van der Waals surface area contributed by atoms with Crippen molar-refractivity contribution in [1.29, 1.82) is 0 Å². The first-order valence-electron chi connectivity index (χ1n) is 7.00. The average Bonchev–Trinajstić information content (AvgIpc) is 3.03. The van der Waals surface area contributed by atoms with Gasteiger partial charge in [0.2, 0.25) is 6.79 Å². The Kier molecular flexibility index (Phi) is 4.06. The lowest BCUT2D eigenvalue weighted by molar-refractivity contribution is 0.171. The maximum absolute atomic E-state index is 6.18. The quantitative estimate of drug-likeness (QED) is 0.840. The zero-order chi connectivity index (χ0) is 14.0. The van der Waals surface area contributed by atoms with Crippen LogP contribution in [-0.2, 0) is 11.3 Å². The predicted molar refractivity (Wildman–Crippen MR) is 77.4 cm³/mol. The normalized spacial score (nSPS) is 18.3. The van der Waals surface area contributed by atoms with E-state index in [0.29, 0.717) is 16.2 Å². The second-order valence-electron chi connectivity index (χ2n) is 5.66. The first kappa shape index (κ1) is 14.0. The molecule has 20 heavy (non-hydrogen) atoms. The zero-order valence-corrected chi connectivity index (χ0v) is 12.5. The first-order chi connectivity index (χ1) is 9.72. The van der Waals surface area contributed by atoms with Gasteiger partial charge in [0, 0.05) is 26.8 Å². The fourth-order valence-corrected chi connectivity index (χ4v) is 2.89. The molecule has 1 saturated carbocycles. The molecule has 0 amide bonds. The van der Waals surface area contributed by atoms with Crippen LogP contribution in [0.1, 0.15) is 24.8 Å². The summed E-state index contributed by atoms with van der Waals surface area (Å²) in [5.41, 5.74) is 1.58. The van der Waals surface area contributed by atoms with Crippen molar-refractivity contribution in [3.63, 3.8) is 0 Å². The third-order valence-corrected chi connectivity index (χ3v) is 4.39. The van der Waals surface area contributed by atoms with Crippen LogP contribution in [0.4, 0.5) is 0 Å². The Hall–Kier alpha value is -0.970. The summed E-state index contributed by atoms with van der Waals surface area (Å²) in [6, 6.07) is 3.94. The molecule has 0 radical (unpaired) electrons. The molecule has 1 fully saturated rings. The minimum Gasteiger partial charge on any atom is -0.454 e. The molecule has 0 bridgehead atoms. The van der Waals surface area contributed by atoms with Gasteiger partial charge in [-0.2, -0.15) is 0 Å². The maximum atomic E-state index is 6.18. The topological polar surface area (TPSA) is 39.7 Å². The van der Waals surface area contributed by atoms with Crippen molar-refractivity contribution < 1.29 is 14.2 Å². The smallest absolute Gasteiger partial charge is 0.231 e. The monoisotopic (exact) mass is 297 g/mol. The maximum Gasteiger partial charge on any atom is 0.231 e. The summed E-state index contributed by atoms with van der Waals surface area (Å²) < 4.78 is 15.9. The number of benzene rings is 1. The Balaban J connectivity index is 1.53. The molecule has 4 nitrogen and oxygen atoms in total. The van der Waals surface area contributed by atoms with Crippen LogP contribution < -0.4 is 14.8 Å². The standard InChI is InChI=1S/C15H20ClNO3/c1-18-5-4-15(2-3-15)9-17-8-11-6-12(16)14-13(7-11)19-10-20-14/h6-7,17H,2-5,8-10H2,1H3. The van der Waals surface area contributed by atoms with E-state index in [0.717, 1.165) is 37.4 Å². The number of methoxy groups -OCH3 is 1. The van der Waals surface area contributed by atoms with E-state index in [2.05, 4.69) is 5.32 Å². The Morgan fingerprint density at radius 3 is 2.95 bits per heavy atom. The van der Waals surface area contributed by atoms with Gasteiger partial charge in [0.25, 0.3) is 0 Å². The number of hydrogen-bond donors (Lipinski definition) is 1. The molecule has 1 aromatic carbocycles. The van der Waals surface area contributed by atoms with E-state index in [1.54, 1.807) is 7.11 Å². The van der Waals surface area contributed by atoms with Crippen LogP contribution in [0, 0.1) is 5.41 Å². The molecule has 3 rings (SSSR count). The van der Waals surface area contributed by atoms with E-state index in [9.17, 15) is 0 Å². The van der Waals surface area contributed by atoms with Crippen LogP contribution in [0.25, 0.3) is 0 Å². The molecule has 1 aliphatic carbocycles. The highest BCUT2D eigenvalue weighted by Crippen LogP contribution is 2.48. The minimum absolute atomic E-state index is 0.256. The van der Waals surface area contributed by atoms with Crippen LogP contribution in [-0.4, -0.2) is 27.1 Å². The average molecular weight is 298 g/mol. The lowest BCUT2D eigenvalue weighted by Crippen LogP contribution is -2.24. The second kappa shape index (κ2) is 5.80. The number of ether oxygens (including phenoxy) is 3. The van der Waals surface area contributed by atoms with E-state index in [-0.39, 0.29) is 6.79 Å². The van der Waals surface area contributed by atoms with Gasteiger partial charge in [0.15, 0.2) is 11.5 Å². The highest BCUT2D eigenvalue weighted by molar-refractivity contribution is 6.32. The highest BCUT2D eigenvalue weighted by Gasteiger charge is 2.41. The Bertz CT molecular complexity index is 488. The third-order valence-electron chi connectivity index (χ3n) is 4.11. The minimum atomic E-state index is 0.256. The van der Waals surface area contributed by atoms with Gasteiger partial charge in [0.05, 0.1) is 5.02 Å². The molecule has 1 heterocycles. The molecule has 0 saturated heterocycles. The van der Waals surface area contributed by atoms with Crippen molar-refractivity contribution in [2.24, 2.45) is 5.41 Å². The number of nitrogens with one attached hydrogen (secondary N) is 1. The largest absolute Gasteiger partial charge is 0.454 e. The fraction of sp³-hybridized carbons (Fsp3) is 0.600. The van der Waals surface area contributed by atoms with Crippen LogP contribution >= 0.6 is 11.6 Å². The number of halogens is 1. The van der Waals surface area contributed by atoms with E-state index < -0.39 is 0 Å². The molecule has 0 unspecified atom stereocenters. The number of fused-ring (bicyclic) bond motifs is 1. The first-order valence-corrected chi connectivity index (χ1v) is 7.38. The van der Waals surface area contributed by atoms with Crippen molar-refractivity contribution in [1.82, 2.24) is 5.32 Å². The summed E-state index contributed by atoms with van der Waals surface area (Å²) in [7, 11) is 1.76. The van der Waals surface area contributed by atoms with Gasteiger partial charge in [-0.15, -0.1) is 0 Å². The van der Waals surface area contributed by atoms with Crippen molar-refractivity contribution >= 4 is 11.6 Å². The summed E-state index contributed by atoms with van der Waals surface area (Å²) in [4.78, 5) is 0. The summed E-state index contributed by atoms with van der Waals surface area (Å²) in [6.45, 7) is 2.93. The summed E-state index contributed by atoms with van der Waals surface area (Å²) >= 11 is 6.18. The molecule has 1 N–H and O–H groups in total. The van der Waals surface area contributed by atoms with Gasteiger partial charge in [0.1, 0.15) is 0 Å². The SMILES string of the molecule is COCCC1(CNCc2cc(Cl)c3c(c2)OCO3)CC1. The molecule has 0 spiro atoms.